The molecule has 6 atom stereocenters. The molecule has 0 spiro atoms. The van der Waals surface area contributed by atoms with E-state index in [1.54, 1.807) is 36.4 Å². The molecule has 2 aliphatic heterocycles. The number of carbonyl (C=O) groups excluding carboxylic acids is 4. The predicted octanol–water partition coefficient (Wildman–Crippen LogP) is 7.16. The van der Waals surface area contributed by atoms with Crippen molar-refractivity contribution in [1.82, 2.24) is 9.91 Å². The maximum absolute atomic E-state index is 15.3. The second-order valence-corrected chi connectivity index (χ2v) is 14.6. The topological polar surface area (TPSA) is 116 Å². The van der Waals surface area contributed by atoms with Gasteiger partial charge in [0.15, 0.2) is 0 Å². The number of aromatic hydroxyl groups is 1. The van der Waals surface area contributed by atoms with E-state index in [1.165, 1.54) is 35.2 Å². The molecule has 4 amide bonds. The fourth-order valence-corrected chi connectivity index (χ4v) is 9.23. The third kappa shape index (κ3) is 5.58. The van der Waals surface area contributed by atoms with E-state index in [-0.39, 0.29) is 37.0 Å². The van der Waals surface area contributed by atoms with Crippen molar-refractivity contribution in [3.05, 3.63) is 136 Å². The number of benzene rings is 4. The lowest BCUT2D eigenvalue weighted by molar-refractivity contribution is -0.141. The Balaban J connectivity index is 1.30. The number of hydrogen-bond acceptors (Lipinski definition) is 7. The van der Waals surface area contributed by atoms with E-state index < -0.39 is 52.6 Å². The number of hydrogen-bond donors (Lipinski definition) is 2. The van der Waals surface area contributed by atoms with Crippen LogP contribution in [-0.2, 0) is 31.2 Å². The molecule has 2 N–H and O–H groups in total. The number of nitrogens with zero attached hydrogens (tertiary/aromatic N) is 2. The van der Waals surface area contributed by atoms with Crippen LogP contribution in [0.1, 0.15) is 48.8 Å². The number of amides is 4. The first-order valence-electron chi connectivity index (χ1n) is 17.8. The predicted molar refractivity (Wildman–Crippen MR) is 195 cm³/mol. The Hall–Kier alpha value is -5.48. The highest BCUT2D eigenvalue weighted by Gasteiger charge is 2.70. The number of ether oxygens (including phenoxy) is 1. The van der Waals surface area contributed by atoms with Crippen LogP contribution in [0.2, 0.25) is 5.02 Å². The van der Waals surface area contributed by atoms with Gasteiger partial charge in [-0.1, -0.05) is 78.7 Å². The Morgan fingerprint density at radius 3 is 2.34 bits per heavy atom. The molecule has 0 radical (unpaired) electrons. The smallest absolute Gasteiger partial charge is 0.260 e. The maximum atomic E-state index is 15.3. The van der Waals surface area contributed by atoms with Crippen LogP contribution in [0.4, 0.5) is 10.1 Å². The highest BCUT2D eigenvalue weighted by molar-refractivity contribution is 6.30. The van der Waals surface area contributed by atoms with Gasteiger partial charge < -0.3 is 9.84 Å². The molecule has 4 aliphatic rings. The molecule has 2 saturated heterocycles. The molecular formula is C42H37ClFN3O6. The Labute approximate surface area is 311 Å². The summed E-state index contributed by atoms with van der Waals surface area (Å²) in [7, 11) is 0. The van der Waals surface area contributed by atoms with Crippen molar-refractivity contribution in [2.45, 2.75) is 44.1 Å². The average Bonchev–Trinajstić information content (AvgIpc) is 3.53. The van der Waals surface area contributed by atoms with Crippen LogP contribution in [0, 0.1) is 29.5 Å². The van der Waals surface area contributed by atoms with Crippen LogP contribution in [-0.4, -0.2) is 45.2 Å². The third-order valence-corrected chi connectivity index (χ3v) is 11.6. The van der Waals surface area contributed by atoms with E-state index in [2.05, 4.69) is 5.43 Å². The SMILES string of the molecule is CCCN1C(=O)[C@H]2[C@H](CC=C3[C@H]2C[C@H]2C(=O)N(Nc4ccc(F)cc4)C(=O)[C@@]2(c2ccc(Cl)cc2)[C@H]3c2ccc(OCc3ccccc3)cc2O)C1=O. The summed E-state index contributed by atoms with van der Waals surface area (Å²) < 4.78 is 19.9. The highest BCUT2D eigenvalue weighted by Crippen LogP contribution is 2.65. The zero-order valence-electron chi connectivity index (χ0n) is 28.9. The Morgan fingerprint density at radius 2 is 1.64 bits per heavy atom. The van der Waals surface area contributed by atoms with Crippen molar-refractivity contribution in [2.24, 2.45) is 23.7 Å². The second kappa shape index (κ2) is 13.5. The van der Waals surface area contributed by atoms with E-state index in [4.69, 9.17) is 16.3 Å². The summed E-state index contributed by atoms with van der Waals surface area (Å²) in [6.45, 7) is 2.47. The number of fused-ring (bicyclic) bond motifs is 4. The van der Waals surface area contributed by atoms with Crippen LogP contribution in [0.15, 0.2) is 109 Å². The number of anilines is 1. The molecule has 270 valence electrons. The molecule has 9 nitrogen and oxygen atoms in total. The molecule has 0 bridgehead atoms. The zero-order chi connectivity index (χ0) is 37.0. The molecular weight excluding hydrogens is 697 g/mol. The molecule has 3 fully saturated rings. The monoisotopic (exact) mass is 733 g/mol. The van der Waals surface area contributed by atoms with Gasteiger partial charge in [-0.3, -0.25) is 29.5 Å². The molecule has 8 rings (SSSR count). The van der Waals surface area contributed by atoms with Gasteiger partial charge in [-0.25, -0.2) is 4.39 Å². The molecule has 2 aliphatic carbocycles. The normalized spacial score (nSPS) is 26.2. The van der Waals surface area contributed by atoms with E-state index in [0.29, 0.717) is 40.6 Å². The largest absolute Gasteiger partial charge is 0.508 e. The number of nitrogens with one attached hydrogen (secondary N) is 1. The molecule has 2 heterocycles. The Bertz CT molecular complexity index is 2140. The summed E-state index contributed by atoms with van der Waals surface area (Å²) in [5, 5.41) is 13.3. The van der Waals surface area contributed by atoms with E-state index in [9.17, 15) is 23.9 Å². The quantitative estimate of drug-likeness (QED) is 0.139. The number of rotatable bonds is 9. The van der Waals surface area contributed by atoms with E-state index >= 15 is 4.79 Å². The number of carbonyl (C=O) groups is 4. The van der Waals surface area contributed by atoms with Gasteiger partial charge in [0.05, 0.1) is 28.9 Å². The summed E-state index contributed by atoms with van der Waals surface area (Å²) in [6, 6.07) is 26.6. The van der Waals surface area contributed by atoms with Crippen molar-refractivity contribution >= 4 is 40.9 Å². The van der Waals surface area contributed by atoms with E-state index in [1.807, 2.05) is 43.3 Å². The minimum Gasteiger partial charge on any atom is -0.508 e. The highest BCUT2D eigenvalue weighted by atomic mass is 35.5. The number of hydrazine groups is 1. The summed E-state index contributed by atoms with van der Waals surface area (Å²) >= 11 is 6.37. The maximum Gasteiger partial charge on any atom is 0.260 e. The first kappa shape index (κ1) is 34.6. The van der Waals surface area contributed by atoms with Crippen molar-refractivity contribution < 1.29 is 33.4 Å². The first-order valence-corrected chi connectivity index (χ1v) is 18.2. The van der Waals surface area contributed by atoms with Gasteiger partial charge in [-0.05, 0) is 78.8 Å². The molecule has 11 heteroatoms. The number of phenols is 1. The molecule has 53 heavy (non-hydrogen) atoms. The molecule has 0 unspecified atom stereocenters. The lowest BCUT2D eigenvalue weighted by Crippen LogP contribution is -2.53. The number of allylic oxidation sites excluding steroid dienone is 2. The van der Waals surface area contributed by atoms with Crippen molar-refractivity contribution in [3.8, 4) is 11.5 Å². The van der Waals surface area contributed by atoms with Gasteiger partial charge in [-0.15, -0.1) is 0 Å². The standard InChI is InChI=1S/C42H37ClFN3O6/c1-2-20-46-38(49)32-19-18-30-33(36(32)40(46)51)22-34-39(50)47(45-28-14-12-27(44)13-15-28)41(52)42(34,25-8-10-26(43)11-9-25)37(30)31-17-16-29(21-35(31)48)53-23-24-6-4-3-5-7-24/h3-18,21,32-34,36-37,45,48H,2,19-20,22-23H2,1H3/t32-,33+,34-,36-,37+,42+/m0/s1. The van der Waals surface area contributed by atoms with Crippen molar-refractivity contribution in [1.29, 1.82) is 0 Å². The Kier molecular flexibility index (Phi) is 8.81. The first-order chi connectivity index (χ1) is 25.6. The number of likely N-dealkylation sites (tertiary alicyclic amines) is 1. The molecule has 1 saturated carbocycles. The van der Waals surface area contributed by atoms with Gasteiger partial charge in [0.2, 0.25) is 11.8 Å². The van der Waals surface area contributed by atoms with Crippen LogP contribution in [0.5, 0.6) is 11.5 Å². The fourth-order valence-electron chi connectivity index (χ4n) is 9.11. The minimum atomic E-state index is -1.61. The fraction of sp³-hybridized carbons (Fsp3) is 0.286. The average molecular weight is 734 g/mol. The summed E-state index contributed by atoms with van der Waals surface area (Å²) in [5.41, 5.74) is 4.18. The summed E-state index contributed by atoms with van der Waals surface area (Å²) in [4.78, 5) is 59.1. The number of phenolic OH excluding ortho intramolecular Hbond substituents is 1. The van der Waals surface area contributed by atoms with Gasteiger partial charge in [0.1, 0.15) is 23.9 Å². The van der Waals surface area contributed by atoms with Crippen LogP contribution in [0.3, 0.4) is 0 Å². The van der Waals surface area contributed by atoms with Crippen LogP contribution in [0.25, 0.3) is 0 Å². The lowest BCUT2D eigenvalue weighted by Gasteiger charge is -2.50. The van der Waals surface area contributed by atoms with Crippen LogP contribution < -0.4 is 10.2 Å². The van der Waals surface area contributed by atoms with Gasteiger partial charge in [-0.2, -0.15) is 5.01 Å². The van der Waals surface area contributed by atoms with Gasteiger partial charge in [0.25, 0.3) is 11.8 Å². The van der Waals surface area contributed by atoms with Crippen molar-refractivity contribution in [2.75, 3.05) is 12.0 Å². The third-order valence-electron chi connectivity index (χ3n) is 11.4. The van der Waals surface area contributed by atoms with E-state index in [0.717, 1.165) is 16.1 Å². The molecule has 4 aromatic carbocycles. The Morgan fingerprint density at radius 1 is 0.906 bits per heavy atom. The number of imide groups is 2. The number of halogens is 2. The van der Waals surface area contributed by atoms with Gasteiger partial charge >= 0.3 is 0 Å². The minimum absolute atomic E-state index is 0.107. The van der Waals surface area contributed by atoms with Crippen molar-refractivity contribution in [3.63, 3.8) is 0 Å². The summed E-state index contributed by atoms with van der Waals surface area (Å²) in [5.74, 6) is -5.68. The molecule has 0 aromatic heterocycles. The second-order valence-electron chi connectivity index (χ2n) is 14.2. The lowest BCUT2D eigenvalue weighted by atomic mass is 9.49. The summed E-state index contributed by atoms with van der Waals surface area (Å²) in [6.07, 6.45) is 2.93. The molecule has 4 aromatic rings. The van der Waals surface area contributed by atoms with Crippen LogP contribution >= 0.6 is 11.6 Å². The zero-order valence-corrected chi connectivity index (χ0v) is 29.6. The van der Waals surface area contributed by atoms with Gasteiger partial charge in [0, 0.05) is 29.1 Å².